The van der Waals surface area contributed by atoms with Gasteiger partial charge in [-0.2, -0.15) is 0 Å². The minimum absolute atomic E-state index is 0.123. The third kappa shape index (κ3) is 2.79. The summed E-state index contributed by atoms with van der Waals surface area (Å²) in [6.07, 6.45) is 3.17. The number of hydrogen-bond acceptors (Lipinski definition) is 3. The Labute approximate surface area is 121 Å². The van der Waals surface area contributed by atoms with Gasteiger partial charge in [0.25, 0.3) is 0 Å². The van der Waals surface area contributed by atoms with E-state index in [1.165, 1.54) is 6.20 Å². The monoisotopic (exact) mass is 369 g/mol. The number of rotatable bonds is 3. The first-order valence-corrected chi connectivity index (χ1v) is 6.69. The zero-order chi connectivity index (χ0) is 13.1. The smallest absolute Gasteiger partial charge is 0.198 e. The number of carbonyl (C=O) groups is 1. The summed E-state index contributed by atoms with van der Waals surface area (Å²) in [5.41, 5.74) is 1.02. The molecule has 0 aliphatic carbocycles. The highest BCUT2D eigenvalue weighted by Crippen LogP contribution is 2.25. The van der Waals surface area contributed by atoms with Crippen LogP contribution in [-0.4, -0.2) is 17.9 Å². The van der Waals surface area contributed by atoms with E-state index in [1.54, 1.807) is 31.5 Å². The molecule has 0 bridgehead atoms. The van der Waals surface area contributed by atoms with E-state index in [9.17, 15) is 4.79 Å². The third-order valence-corrected chi connectivity index (χ3v) is 3.30. The van der Waals surface area contributed by atoms with E-state index in [4.69, 9.17) is 4.74 Å². The van der Waals surface area contributed by atoms with E-state index in [1.807, 2.05) is 6.07 Å². The van der Waals surface area contributed by atoms with Gasteiger partial charge in [0.2, 0.25) is 0 Å². The number of aromatic nitrogens is 1. The molecule has 92 valence electrons. The van der Waals surface area contributed by atoms with Crippen molar-refractivity contribution >= 4 is 37.6 Å². The summed E-state index contributed by atoms with van der Waals surface area (Å²) in [4.78, 5) is 16.4. The van der Waals surface area contributed by atoms with Crippen LogP contribution in [0.15, 0.2) is 45.6 Å². The summed E-state index contributed by atoms with van der Waals surface area (Å²) in [7, 11) is 1.54. The molecule has 0 saturated carbocycles. The molecular formula is C13H9Br2NO2. The van der Waals surface area contributed by atoms with Crippen LogP contribution in [-0.2, 0) is 0 Å². The van der Waals surface area contributed by atoms with Gasteiger partial charge in [0.15, 0.2) is 5.78 Å². The van der Waals surface area contributed by atoms with Crippen molar-refractivity contribution in [2.45, 2.75) is 0 Å². The second kappa shape index (κ2) is 5.63. The van der Waals surface area contributed by atoms with E-state index >= 15 is 0 Å². The fraction of sp³-hybridized carbons (Fsp3) is 0.0769. The van der Waals surface area contributed by atoms with E-state index < -0.39 is 0 Å². The van der Waals surface area contributed by atoms with Gasteiger partial charge < -0.3 is 4.74 Å². The molecule has 0 atom stereocenters. The molecule has 0 radical (unpaired) electrons. The van der Waals surface area contributed by atoms with Crippen molar-refractivity contribution in [2.24, 2.45) is 0 Å². The third-order valence-electron chi connectivity index (χ3n) is 2.37. The van der Waals surface area contributed by atoms with Gasteiger partial charge in [0, 0.05) is 26.9 Å². The predicted molar refractivity (Wildman–Crippen MR) is 76.1 cm³/mol. The summed E-state index contributed by atoms with van der Waals surface area (Å²) in [5.74, 6) is 0.421. The number of methoxy groups -OCH3 is 1. The highest BCUT2D eigenvalue weighted by atomic mass is 79.9. The zero-order valence-electron chi connectivity index (χ0n) is 9.48. The summed E-state index contributed by atoms with van der Waals surface area (Å²) in [5, 5.41) is 0. The van der Waals surface area contributed by atoms with Crippen molar-refractivity contribution < 1.29 is 9.53 Å². The van der Waals surface area contributed by atoms with E-state index in [0.29, 0.717) is 16.9 Å². The summed E-state index contributed by atoms with van der Waals surface area (Å²) in [6.45, 7) is 0. The average Bonchev–Trinajstić information content (AvgIpc) is 2.38. The second-order valence-corrected chi connectivity index (χ2v) is 5.40. The normalized spacial score (nSPS) is 10.2. The Morgan fingerprint density at radius 1 is 1.17 bits per heavy atom. The molecule has 1 heterocycles. The van der Waals surface area contributed by atoms with E-state index in [-0.39, 0.29) is 5.78 Å². The average molecular weight is 371 g/mol. The molecule has 3 nitrogen and oxygen atoms in total. The fourth-order valence-corrected chi connectivity index (χ4v) is 2.28. The van der Waals surface area contributed by atoms with Gasteiger partial charge in [0.05, 0.1) is 12.7 Å². The summed E-state index contributed by atoms with van der Waals surface area (Å²) >= 11 is 6.65. The SMILES string of the molecule is COc1ccc(Br)cc1C(=O)c1cncc(Br)c1. The Bertz CT molecular complexity index is 599. The maximum atomic E-state index is 12.4. The van der Waals surface area contributed by atoms with Gasteiger partial charge in [-0.25, -0.2) is 0 Å². The number of hydrogen-bond donors (Lipinski definition) is 0. The van der Waals surface area contributed by atoms with E-state index in [2.05, 4.69) is 36.8 Å². The van der Waals surface area contributed by atoms with Crippen LogP contribution in [0.5, 0.6) is 5.75 Å². The van der Waals surface area contributed by atoms with Crippen LogP contribution < -0.4 is 4.74 Å². The Morgan fingerprint density at radius 3 is 2.61 bits per heavy atom. The molecule has 0 amide bonds. The van der Waals surface area contributed by atoms with Crippen LogP contribution in [0.1, 0.15) is 15.9 Å². The van der Waals surface area contributed by atoms with Gasteiger partial charge in [-0.1, -0.05) is 15.9 Å². The maximum Gasteiger partial charge on any atom is 0.198 e. The van der Waals surface area contributed by atoms with Gasteiger partial charge in [-0.05, 0) is 40.2 Å². The number of carbonyl (C=O) groups excluding carboxylic acids is 1. The highest BCUT2D eigenvalue weighted by Gasteiger charge is 2.15. The molecule has 0 fully saturated rings. The molecule has 0 spiro atoms. The van der Waals surface area contributed by atoms with Crippen LogP contribution in [0.3, 0.4) is 0 Å². The summed E-state index contributed by atoms with van der Waals surface area (Å²) < 4.78 is 6.79. The van der Waals surface area contributed by atoms with Crippen LogP contribution in [0.2, 0.25) is 0 Å². The largest absolute Gasteiger partial charge is 0.496 e. The van der Waals surface area contributed by atoms with Crippen molar-refractivity contribution in [1.29, 1.82) is 0 Å². The molecule has 18 heavy (non-hydrogen) atoms. The van der Waals surface area contributed by atoms with Crippen molar-refractivity contribution in [2.75, 3.05) is 7.11 Å². The molecule has 0 aliphatic heterocycles. The number of pyridine rings is 1. The topological polar surface area (TPSA) is 39.2 Å². The first-order chi connectivity index (χ1) is 8.61. The fourth-order valence-electron chi connectivity index (χ4n) is 1.55. The first-order valence-electron chi connectivity index (χ1n) is 5.10. The molecular weight excluding hydrogens is 362 g/mol. The molecule has 5 heteroatoms. The van der Waals surface area contributed by atoms with Gasteiger partial charge >= 0.3 is 0 Å². The van der Waals surface area contributed by atoms with Gasteiger partial charge in [0.1, 0.15) is 5.75 Å². The molecule has 2 rings (SSSR count). The molecule has 0 aliphatic rings. The van der Waals surface area contributed by atoms with Crippen LogP contribution in [0.4, 0.5) is 0 Å². The lowest BCUT2D eigenvalue weighted by atomic mass is 10.0. The van der Waals surface area contributed by atoms with Crippen LogP contribution in [0, 0.1) is 0 Å². The minimum atomic E-state index is -0.123. The number of halogens is 2. The zero-order valence-corrected chi connectivity index (χ0v) is 12.7. The number of nitrogens with zero attached hydrogens (tertiary/aromatic N) is 1. The van der Waals surface area contributed by atoms with Crippen molar-refractivity contribution in [3.8, 4) is 5.75 Å². The summed E-state index contributed by atoms with van der Waals surface area (Å²) in [6, 6.07) is 7.05. The number of benzene rings is 1. The first kappa shape index (κ1) is 13.2. The van der Waals surface area contributed by atoms with Crippen molar-refractivity contribution in [1.82, 2.24) is 4.98 Å². The Morgan fingerprint density at radius 2 is 1.94 bits per heavy atom. The quantitative estimate of drug-likeness (QED) is 0.770. The predicted octanol–water partition coefficient (Wildman–Crippen LogP) is 3.85. The minimum Gasteiger partial charge on any atom is -0.496 e. The number of ketones is 1. The molecule has 0 unspecified atom stereocenters. The second-order valence-electron chi connectivity index (χ2n) is 3.57. The maximum absolute atomic E-state index is 12.4. The lowest BCUT2D eigenvalue weighted by Crippen LogP contribution is -2.04. The standard InChI is InChI=1S/C13H9Br2NO2/c1-18-12-3-2-9(14)5-11(12)13(17)8-4-10(15)7-16-6-8/h2-7H,1H3. The van der Waals surface area contributed by atoms with Gasteiger partial charge in [-0.3, -0.25) is 9.78 Å². The molecule has 0 N–H and O–H groups in total. The lowest BCUT2D eigenvalue weighted by Gasteiger charge is -2.08. The van der Waals surface area contributed by atoms with E-state index in [0.717, 1.165) is 8.95 Å². The molecule has 0 saturated heterocycles. The van der Waals surface area contributed by atoms with Crippen molar-refractivity contribution in [3.05, 3.63) is 56.7 Å². The Balaban J connectivity index is 2.48. The Hall–Kier alpha value is -1.20. The highest BCUT2D eigenvalue weighted by molar-refractivity contribution is 9.10. The van der Waals surface area contributed by atoms with Crippen LogP contribution in [0.25, 0.3) is 0 Å². The Kier molecular flexibility index (Phi) is 4.14. The van der Waals surface area contributed by atoms with Crippen LogP contribution >= 0.6 is 31.9 Å². The molecule has 2 aromatic rings. The lowest BCUT2D eigenvalue weighted by molar-refractivity contribution is 0.103. The molecule has 1 aromatic carbocycles. The van der Waals surface area contributed by atoms with Gasteiger partial charge in [-0.15, -0.1) is 0 Å². The molecule has 1 aromatic heterocycles. The number of ether oxygens (including phenoxy) is 1. The van der Waals surface area contributed by atoms with Crippen molar-refractivity contribution in [3.63, 3.8) is 0 Å².